The van der Waals surface area contributed by atoms with E-state index >= 15 is 0 Å². The highest BCUT2D eigenvalue weighted by Crippen LogP contribution is 2.49. The summed E-state index contributed by atoms with van der Waals surface area (Å²) in [6.45, 7) is 4.82. The van der Waals surface area contributed by atoms with Gasteiger partial charge in [0.2, 0.25) is 0 Å². The molecule has 15 heavy (non-hydrogen) atoms. The van der Waals surface area contributed by atoms with E-state index in [1.165, 1.54) is 25.7 Å². The molecule has 0 nitrogen and oxygen atoms in total. The van der Waals surface area contributed by atoms with Crippen LogP contribution in [0.1, 0.15) is 44.2 Å². The molecule has 0 spiro atoms. The van der Waals surface area contributed by atoms with Crippen molar-refractivity contribution in [1.82, 2.24) is 0 Å². The third-order valence-electron chi connectivity index (χ3n) is 4.12. The number of hydrogen-bond acceptors (Lipinski definition) is 0. The fraction of sp³-hybridized carbons (Fsp3) is 0.467. The largest absolute Gasteiger partial charge is 0.0619 e. The van der Waals surface area contributed by atoms with E-state index in [0.717, 1.165) is 0 Å². The molecule has 2 aliphatic carbocycles. The Hall–Kier alpha value is -1.04. The van der Waals surface area contributed by atoms with Gasteiger partial charge in [-0.3, -0.25) is 0 Å². The minimum absolute atomic E-state index is 0.437. The molecule has 0 saturated carbocycles. The lowest BCUT2D eigenvalue weighted by Crippen LogP contribution is -2.19. The molecule has 0 heteroatoms. The van der Waals surface area contributed by atoms with Crippen LogP contribution >= 0.6 is 0 Å². The number of hydrogen-bond donors (Lipinski definition) is 0. The summed E-state index contributed by atoms with van der Waals surface area (Å²) in [5.74, 6) is 0. The third-order valence-corrected chi connectivity index (χ3v) is 4.12. The predicted molar refractivity (Wildman–Crippen MR) is 64.7 cm³/mol. The summed E-state index contributed by atoms with van der Waals surface area (Å²) >= 11 is 0. The first-order chi connectivity index (χ1) is 7.18. The van der Waals surface area contributed by atoms with Crippen LogP contribution in [0.3, 0.4) is 0 Å². The van der Waals surface area contributed by atoms with Crippen molar-refractivity contribution in [3.63, 3.8) is 0 Å². The van der Waals surface area contributed by atoms with Gasteiger partial charge in [-0.1, -0.05) is 43.7 Å². The van der Waals surface area contributed by atoms with E-state index in [2.05, 4.69) is 38.1 Å². The summed E-state index contributed by atoms with van der Waals surface area (Å²) in [7, 11) is 0. The van der Waals surface area contributed by atoms with Crippen LogP contribution in [0, 0.1) is 5.41 Å². The topological polar surface area (TPSA) is 0 Å². The second-order valence-electron chi connectivity index (χ2n) is 5.53. The second kappa shape index (κ2) is 2.98. The molecular formula is C15H18. The van der Waals surface area contributed by atoms with Crippen LogP contribution in [0.5, 0.6) is 0 Å². The highest BCUT2D eigenvalue weighted by Gasteiger charge is 2.34. The smallest absolute Gasteiger partial charge is 0.00497 e. The average molecular weight is 198 g/mol. The molecule has 78 valence electrons. The van der Waals surface area contributed by atoms with Gasteiger partial charge < -0.3 is 0 Å². The Morgan fingerprint density at radius 1 is 1.13 bits per heavy atom. The molecular weight excluding hydrogens is 180 g/mol. The quantitative estimate of drug-likeness (QED) is 0.586. The number of rotatable bonds is 0. The van der Waals surface area contributed by atoms with Gasteiger partial charge >= 0.3 is 0 Å². The Labute approximate surface area is 92.0 Å². The highest BCUT2D eigenvalue weighted by molar-refractivity contribution is 5.78. The lowest BCUT2D eigenvalue weighted by atomic mass is 9.73. The van der Waals surface area contributed by atoms with Gasteiger partial charge in [-0.2, -0.15) is 0 Å². The first-order valence-corrected chi connectivity index (χ1v) is 5.99. The molecule has 0 heterocycles. The van der Waals surface area contributed by atoms with Crippen LogP contribution in [-0.4, -0.2) is 0 Å². The van der Waals surface area contributed by atoms with E-state index < -0.39 is 0 Å². The van der Waals surface area contributed by atoms with Crippen molar-refractivity contribution in [3.8, 4) is 0 Å². The molecule has 0 aliphatic heterocycles. The average Bonchev–Trinajstić information content (AvgIpc) is 2.58. The first-order valence-electron chi connectivity index (χ1n) is 5.99. The normalized spacial score (nSPS) is 22.5. The molecule has 0 unspecified atom stereocenters. The molecule has 0 N–H and O–H groups in total. The van der Waals surface area contributed by atoms with Crippen LogP contribution < -0.4 is 0 Å². The van der Waals surface area contributed by atoms with Gasteiger partial charge in [-0.05, 0) is 47.8 Å². The van der Waals surface area contributed by atoms with Gasteiger partial charge in [0.25, 0.3) is 0 Å². The molecule has 2 aliphatic rings. The zero-order valence-corrected chi connectivity index (χ0v) is 9.64. The standard InChI is InChI=1S/C15H18/c1-15(2)9-5-8-13-12-7-4-3-6-11(12)10-14(13)15/h3-4,6-7H,5,8-10H2,1-2H3. The van der Waals surface area contributed by atoms with Crippen LogP contribution in [0.15, 0.2) is 29.8 Å². The van der Waals surface area contributed by atoms with Crippen LogP contribution in [0.4, 0.5) is 0 Å². The van der Waals surface area contributed by atoms with Crippen molar-refractivity contribution >= 4 is 5.57 Å². The summed E-state index contributed by atoms with van der Waals surface area (Å²) < 4.78 is 0. The number of allylic oxidation sites excluding steroid dienone is 2. The number of benzene rings is 1. The van der Waals surface area contributed by atoms with E-state index in [9.17, 15) is 0 Å². The maximum atomic E-state index is 2.41. The molecule has 3 rings (SSSR count). The number of fused-ring (bicyclic) bond motifs is 2. The van der Waals surface area contributed by atoms with Gasteiger partial charge in [-0.25, -0.2) is 0 Å². The van der Waals surface area contributed by atoms with E-state index in [0.29, 0.717) is 5.41 Å². The van der Waals surface area contributed by atoms with E-state index in [1.54, 1.807) is 22.3 Å². The zero-order chi connectivity index (χ0) is 10.5. The fourth-order valence-corrected chi connectivity index (χ4v) is 3.22. The molecule has 0 saturated heterocycles. The Bertz CT molecular complexity index is 435. The summed E-state index contributed by atoms with van der Waals surface area (Å²) in [5, 5.41) is 0. The molecule has 0 amide bonds. The molecule has 1 aromatic rings. The zero-order valence-electron chi connectivity index (χ0n) is 9.64. The van der Waals surface area contributed by atoms with Crippen molar-refractivity contribution in [3.05, 3.63) is 41.0 Å². The van der Waals surface area contributed by atoms with Gasteiger partial charge in [0, 0.05) is 0 Å². The monoisotopic (exact) mass is 198 g/mol. The third kappa shape index (κ3) is 1.27. The van der Waals surface area contributed by atoms with Gasteiger partial charge in [0.05, 0.1) is 0 Å². The van der Waals surface area contributed by atoms with Crippen molar-refractivity contribution in [2.75, 3.05) is 0 Å². The van der Waals surface area contributed by atoms with Crippen LogP contribution in [-0.2, 0) is 6.42 Å². The molecule has 0 bridgehead atoms. The molecule has 0 atom stereocenters. The van der Waals surface area contributed by atoms with Crippen LogP contribution in [0.2, 0.25) is 0 Å². The van der Waals surface area contributed by atoms with Gasteiger partial charge in [0.15, 0.2) is 0 Å². The van der Waals surface area contributed by atoms with Crippen molar-refractivity contribution in [1.29, 1.82) is 0 Å². The molecule has 0 radical (unpaired) electrons. The maximum absolute atomic E-state index is 2.41. The first kappa shape index (κ1) is 9.21. The van der Waals surface area contributed by atoms with Crippen molar-refractivity contribution in [2.24, 2.45) is 5.41 Å². The SMILES string of the molecule is CC1(C)CCCC2=C1Cc1ccccc12. The fourth-order valence-electron chi connectivity index (χ4n) is 3.22. The minimum Gasteiger partial charge on any atom is -0.0619 e. The van der Waals surface area contributed by atoms with Crippen molar-refractivity contribution < 1.29 is 0 Å². The Balaban J connectivity index is 2.15. The van der Waals surface area contributed by atoms with Gasteiger partial charge in [-0.15, -0.1) is 0 Å². The Morgan fingerprint density at radius 2 is 1.93 bits per heavy atom. The van der Waals surface area contributed by atoms with E-state index in [1.807, 2.05) is 0 Å². The lowest BCUT2D eigenvalue weighted by molar-refractivity contribution is 0.377. The summed E-state index contributed by atoms with van der Waals surface area (Å²) in [5.41, 5.74) is 6.92. The van der Waals surface area contributed by atoms with Crippen LogP contribution in [0.25, 0.3) is 5.57 Å². The maximum Gasteiger partial charge on any atom is -0.00497 e. The Morgan fingerprint density at radius 3 is 2.80 bits per heavy atom. The molecule has 1 aromatic carbocycles. The molecule has 0 fully saturated rings. The van der Waals surface area contributed by atoms with Crippen molar-refractivity contribution in [2.45, 2.75) is 39.5 Å². The Kier molecular flexibility index (Phi) is 1.83. The summed E-state index contributed by atoms with van der Waals surface area (Å²) in [4.78, 5) is 0. The summed E-state index contributed by atoms with van der Waals surface area (Å²) in [6.07, 6.45) is 5.23. The second-order valence-corrected chi connectivity index (χ2v) is 5.53. The van der Waals surface area contributed by atoms with Gasteiger partial charge in [0.1, 0.15) is 0 Å². The molecule has 0 aromatic heterocycles. The lowest BCUT2D eigenvalue weighted by Gasteiger charge is -2.32. The highest BCUT2D eigenvalue weighted by atomic mass is 14.4. The van der Waals surface area contributed by atoms with E-state index in [-0.39, 0.29) is 0 Å². The van der Waals surface area contributed by atoms with E-state index in [4.69, 9.17) is 0 Å². The predicted octanol–water partition coefficient (Wildman–Crippen LogP) is 4.21. The minimum atomic E-state index is 0.437. The summed E-state index contributed by atoms with van der Waals surface area (Å²) in [6, 6.07) is 8.95.